The summed E-state index contributed by atoms with van der Waals surface area (Å²) in [6, 6.07) is -0.575. The minimum Gasteiger partial charge on any atom is -0.351 e. The number of hydrogen-bond donors (Lipinski definition) is 2. The third-order valence-electron chi connectivity index (χ3n) is 2.41. The predicted octanol–water partition coefficient (Wildman–Crippen LogP) is 0.812. The zero-order chi connectivity index (χ0) is 15.3. The Labute approximate surface area is 112 Å². The Balaban J connectivity index is 2.82. The van der Waals surface area contributed by atoms with Crippen LogP contribution in [0.15, 0.2) is 24.5 Å². The number of aromatic nitrogens is 1. The summed E-state index contributed by atoms with van der Waals surface area (Å²) in [5.41, 5.74) is 4.69. The molecule has 0 aromatic carbocycles. The van der Waals surface area contributed by atoms with Crippen LogP contribution in [0.4, 0.5) is 18.0 Å². The SMILES string of the molecule is CN(CC(=O)N[C@@H](c1cccnc1)C(F)(F)F)C(N)=O. The van der Waals surface area contributed by atoms with E-state index in [4.69, 9.17) is 5.73 Å². The first-order valence-corrected chi connectivity index (χ1v) is 5.48. The van der Waals surface area contributed by atoms with Crippen molar-refractivity contribution in [1.82, 2.24) is 15.2 Å². The fourth-order valence-electron chi connectivity index (χ4n) is 1.40. The molecule has 0 fully saturated rings. The molecule has 0 saturated heterocycles. The number of amides is 3. The van der Waals surface area contributed by atoms with Crippen LogP contribution in [0.25, 0.3) is 0 Å². The lowest BCUT2D eigenvalue weighted by molar-refractivity contribution is -0.163. The molecule has 1 aromatic heterocycles. The summed E-state index contributed by atoms with van der Waals surface area (Å²) in [5.74, 6) is -0.975. The Kier molecular flexibility index (Phi) is 4.89. The second-order valence-electron chi connectivity index (χ2n) is 4.02. The zero-order valence-corrected chi connectivity index (χ0v) is 10.5. The molecule has 0 aliphatic rings. The fraction of sp³-hybridized carbons (Fsp3) is 0.364. The summed E-state index contributed by atoms with van der Waals surface area (Å²) in [4.78, 5) is 26.6. The monoisotopic (exact) mass is 290 g/mol. The van der Waals surface area contributed by atoms with Crippen molar-refractivity contribution in [3.63, 3.8) is 0 Å². The van der Waals surface area contributed by atoms with Crippen molar-refractivity contribution in [2.45, 2.75) is 12.2 Å². The van der Waals surface area contributed by atoms with Gasteiger partial charge < -0.3 is 16.0 Å². The molecule has 9 heteroatoms. The molecule has 0 bridgehead atoms. The fourth-order valence-corrected chi connectivity index (χ4v) is 1.40. The van der Waals surface area contributed by atoms with Gasteiger partial charge in [-0.1, -0.05) is 6.07 Å². The molecule has 6 nitrogen and oxygen atoms in total. The Morgan fingerprint density at radius 1 is 1.50 bits per heavy atom. The molecular weight excluding hydrogens is 277 g/mol. The van der Waals surface area contributed by atoms with E-state index in [2.05, 4.69) is 4.98 Å². The number of nitrogens with one attached hydrogen (secondary N) is 1. The van der Waals surface area contributed by atoms with Crippen LogP contribution in [0.3, 0.4) is 0 Å². The molecule has 1 heterocycles. The summed E-state index contributed by atoms with van der Waals surface area (Å²) in [6.07, 6.45) is -2.35. The van der Waals surface area contributed by atoms with E-state index in [1.165, 1.54) is 25.4 Å². The van der Waals surface area contributed by atoms with Gasteiger partial charge >= 0.3 is 12.2 Å². The molecule has 0 aliphatic heterocycles. The smallest absolute Gasteiger partial charge is 0.351 e. The molecule has 3 N–H and O–H groups in total. The van der Waals surface area contributed by atoms with Crippen molar-refractivity contribution < 1.29 is 22.8 Å². The number of urea groups is 1. The van der Waals surface area contributed by atoms with Crippen LogP contribution in [0, 0.1) is 0 Å². The van der Waals surface area contributed by atoms with Gasteiger partial charge in [-0.3, -0.25) is 9.78 Å². The second-order valence-corrected chi connectivity index (χ2v) is 4.02. The van der Waals surface area contributed by atoms with E-state index in [0.29, 0.717) is 0 Å². The van der Waals surface area contributed by atoms with E-state index < -0.39 is 30.7 Å². The number of pyridine rings is 1. The minimum absolute atomic E-state index is 0.199. The average Bonchev–Trinajstić information content (AvgIpc) is 2.35. The Morgan fingerprint density at radius 2 is 2.15 bits per heavy atom. The number of hydrogen-bond acceptors (Lipinski definition) is 3. The molecule has 0 aliphatic carbocycles. The van der Waals surface area contributed by atoms with E-state index in [9.17, 15) is 22.8 Å². The van der Waals surface area contributed by atoms with Crippen LogP contribution in [0.1, 0.15) is 11.6 Å². The first-order valence-electron chi connectivity index (χ1n) is 5.48. The summed E-state index contributed by atoms with van der Waals surface area (Å²) < 4.78 is 38.7. The predicted molar refractivity (Wildman–Crippen MR) is 63.4 cm³/mol. The lowest BCUT2D eigenvalue weighted by atomic mass is 10.1. The number of carbonyl (C=O) groups is 2. The van der Waals surface area contributed by atoms with Crippen molar-refractivity contribution in [2.75, 3.05) is 13.6 Å². The molecule has 0 spiro atoms. The Hall–Kier alpha value is -2.32. The molecule has 1 atom stereocenters. The second kappa shape index (κ2) is 6.22. The van der Waals surface area contributed by atoms with Gasteiger partial charge in [0.15, 0.2) is 6.04 Å². The number of rotatable bonds is 4. The van der Waals surface area contributed by atoms with E-state index in [1.54, 1.807) is 5.32 Å². The topological polar surface area (TPSA) is 88.3 Å². The van der Waals surface area contributed by atoms with Crippen molar-refractivity contribution in [3.05, 3.63) is 30.1 Å². The van der Waals surface area contributed by atoms with E-state index in [1.807, 2.05) is 0 Å². The number of primary amides is 1. The van der Waals surface area contributed by atoms with Crippen LogP contribution in [-0.2, 0) is 4.79 Å². The van der Waals surface area contributed by atoms with Crippen LogP contribution in [0.5, 0.6) is 0 Å². The van der Waals surface area contributed by atoms with Crippen molar-refractivity contribution in [2.24, 2.45) is 5.73 Å². The van der Waals surface area contributed by atoms with Gasteiger partial charge in [0.2, 0.25) is 5.91 Å². The van der Waals surface area contributed by atoms with Crippen molar-refractivity contribution in [1.29, 1.82) is 0 Å². The normalized spacial score (nSPS) is 12.6. The lowest BCUT2D eigenvalue weighted by Gasteiger charge is -2.23. The van der Waals surface area contributed by atoms with Crippen LogP contribution >= 0.6 is 0 Å². The largest absolute Gasteiger partial charge is 0.412 e. The first-order chi connectivity index (χ1) is 9.21. The first kappa shape index (κ1) is 15.7. The minimum atomic E-state index is -4.68. The van der Waals surface area contributed by atoms with Gasteiger partial charge in [-0.15, -0.1) is 0 Å². The summed E-state index contributed by atoms with van der Waals surface area (Å²) >= 11 is 0. The lowest BCUT2D eigenvalue weighted by Crippen LogP contribution is -2.45. The van der Waals surface area contributed by atoms with Gasteiger partial charge in [-0.2, -0.15) is 13.2 Å². The number of carbonyl (C=O) groups excluding carboxylic acids is 2. The molecule has 110 valence electrons. The number of alkyl halides is 3. The highest BCUT2D eigenvalue weighted by atomic mass is 19.4. The quantitative estimate of drug-likeness (QED) is 0.860. The molecule has 1 rings (SSSR count). The van der Waals surface area contributed by atoms with Crippen molar-refractivity contribution >= 4 is 11.9 Å². The highest BCUT2D eigenvalue weighted by Gasteiger charge is 2.42. The summed E-state index contributed by atoms with van der Waals surface area (Å²) in [7, 11) is 1.20. The molecule has 0 unspecified atom stereocenters. The van der Waals surface area contributed by atoms with Crippen LogP contribution in [0.2, 0.25) is 0 Å². The van der Waals surface area contributed by atoms with Gasteiger partial charge in [-0.05, 0) is 6.07 Å². The third kappa shape index (κ3) is 4.41. The van der Waals surface area contributed by atoms with Crippen molar-refractivity contribution in [3.8, 4) is 0 Å². The standard InChI is InChI=1S/C11H13F3N4O2/c1-18(10(15)20)6-8(19)17-9(11(12,13)14)7-3-2-4-16-5-7/h2-5,9H,6H2,1H3,(H2,15,20)(H,17,19)/t9-/m0/s1. The summed E-state index contributed by atoms with van der Waals surface area (Å²) in [6.45, 7) is -0.567. The van der Waals surface area contributed by atoms with Gasteiger partial charge in [0.1, 0.15) is 6.54 Å². The third-order valence-corrected chi connectivity index (χ3v) is 2.41. The van der Waals surface area contributed by atoms with Crippen LogP contribution in [-0.4, -0.2) is 41.6 Å². The highest BCUT2D eigenvalue weighted by molar-refractivity contribution is 5.83. The zero-order valence-electron chi connectivity index (χ0n) is 10.5. The highest BCUT2D eigenvalue weighted by Crippen LogP contribution is 2.32. The number of likely N-dealkylation sites (N-methyl/N-ethyl adjacent to an activating group) is 1. The summed E-state index contributed by atoms with van der Waals surface area (Å²) in [5, 5.41) is 1.81. The molecular formula is C11H13F3N4O2. The Morgan fingerprint density at radius 3 is 2.60 bits per heavy atom. The Bertz CT molecular complexity index is 478. The maximum Gasteiger partial charge on any atom is 0.412 e. The van der Waals surface area contributed by atoms with Crippen LogP contribution < -0.4 is 11.1 Å². The number of nitrogens with two attached hydrogens (primary N) is 1. The molecule has 0 saturated carbocycles. The average molecular weight is 290 g/mol. The van der Waals surface area contributed by atoms with E-state index in [0.717, 1.165) is 11.1 Å². The van der Waals surface area contributed by atoms with Gasteiger partial charge in [0.05, 0.1) is 0 Å². The number of nitrogens with zero attached hydrogens (tertiary/aromatic N) is 2. The van der Waals surface area contributed by atoms with Gasteiger partial charge in [0, 0.05) is 25.0 Å². The molecule has 3 amide bonds. The maximum atomic E-state index is 12.9. The number of halogens is 3. The van der Waals surface area contributed by atoms with Gasteiger partial charge in [0.25, 0.3) is 0 Å². The van der Waals surface area contributed by atoms with E-state index in [-0.39, 0.29) is 5.56 Å². The van der Waals surface area contributed by atoms with Gasteiger partial charge in [-0.25, -0.2) is 4.79 Å². The molecule has 0 radical (unpaired) electrons. The molecule has 20 heavy (non-hydrogen) atoms. The molecule has 1 aromatic rings. The van der Waals surface area contributed by atoms with E-state index >= 15 is 0 Å². The maximum absolute atomic E-state index is 12.9.